The quantitative estimate of drug-likeness (QED) is 0.725. The molecule has 6 nitrogen and oxygen atoms in total. The number of halogens is 1. The van der Waals surface area contributed by atoms with E-state index in [9.17, 15) is 14.7 Å². The lowest BCUT2D eigenvalue weighted by Crippen LogP contribution is -2.34. The number of rotatable bonds is 5. The normalized spacial score (nSPS) is 11.5. The van der Waals surface area contributed by atoms with Crippen molar-refractivity contribution in [2.24, 2.45) is 0 Å². The third-order valence-corrected chi connectivity index (χ3v) is 3.63. The Labute approximate surface area is 144 Å². The minimum Gasteiger partial charge on any atom is -0.465 e. The van der Waals surface area contributed by atoms with E-state index in [1.165, 1.54) is 25.3 Å². The summed E-state index contributed by atoms with van der Waals surface area (Å²) in [5.41, 5.74) is 1.41. The highest BCUT2D eigenvalue weighted by molar-refractivity contribution is 6.33. The number of urea groups is 1. The van der Waals surface area contributed by atoms with Gasteiger partial charge in [-0.15, -0.1) is 0 Å². The summed E-state index contributed by atoms with van der Waals surface area (Å²) in [6, 6.07) is 12.5. The summed E-state index contributed by atoms with van der Waals surface area (Å²) in [6.45, 7) is -0.237. The molecule has 0 bridgehead atoms. The molecule has 0 fully saturated rings. The van der Waals surface area contributed by atoms with E-state index >= 15 is 0 Å². The van der Waals surface area contributed by atoms with Crippen LogP contribution in [0.5, 0.6) is 0 Å². The Hall–Kier alpha value is -2.57. The molecule has 3 N–H and O–H groups in total. The monoisotopic (exact) mass is 348 g/mol. The van der Waals surface area contributed by atoms with Gasteiger partial charge in [0, 0.05) is 5.69 Å². The first-order valence-corrected chi connectivity index (χ1v) is 7.54. The molecule has 0 aromatic heterocycles. The lowest BCUT2D eigenvalue weighted by atomic mass is 10.1. The van der Waals surface area contributed by atoms with Gasteiger partial charge >= 0.3 is 12.0 Å². The third-order valence-electron chi connectivity index (χ3n) is 3.32. The lowest BCUT2D eigenvalue weighted by Gasteiger charge is -2.17. The molecule has 0 saturated carbocycles. The molecule has 0 aliphatic rings. The van der Waals surface area contributed by atoms with Crippen LogP contribution in [0.15, 0.2) is 48.5 Å². The van der Waals surface area contributed by atoms with Crippen molar-refractivity contribution in [1.29, 1.82) is 0 Å². The number of aliphatic hydroxyl groups excluding tert-OH is 1. The summed E-state index contributed by atoms with van der Waals surface area (Å²) in [4.78, 5) is 23.5. The number of ether oxygens (including phenoxy) is 1. The molecule has 7 heteroatoms. The van der Waals surface area contributed by atoms with Crippen LogP contribution in [0.1, 0.15) is 22.0 Å². The van der Waals surface area contributed by atoms with Gasteiger partial charge in [0.25, 0.3) is 0 Å². The third kappa shape index (κ3) is 4.47. The maximum absolute atomic E-state index is 12.1. The smallest absolute Gasteiger partial charge is 0.339 e. The van der Waals surface area contributed by atoms with Crippen molar-refractivity contribution in [2.45, 2.75) is 6.04 Å². The first kappa shape index (κ1) is 17.8. The van der Waals surface area contributed by atoms with Crippen molar-refractivity contribution in [1.82, 2.24) is 5.32 Å². The van der Waals surface area contributed by atoms with Crippen molar-refractivity contribution >= 4 is 29.3 Å². The molecule has 2 aromatic rings. The van der Waals surface area contributed by atoms with E-state index in [0.29, 0.717) is 5.69 Å². The maximum atomic E-state index is 12.1. The number of anilines is 1. The zero-order chi connectivity index (χ0) is 17.5. The number of nitrogens with one attached hydrogen (secondary N) is 2. The van der Waals surface area contributed by atoms with E-state index in [1.54, 1.807) is 0 Å². The summed E-state index contributed by atoms with van der Waals surface area (Å²) in [5, 5.41) is 14.9. The number of carbonyl (C=O) groups excluding carboxylic acids is 2. The molecule has 0 spiro atoms. The van der Waals surface area contributed by atoms with Gasteiger partial charge in [0.05, 0.1) is 30.3 Å². The van der Waals surface area contributed by atoms with Crippen LogP contribution >= 0.6 is 11.6 Å². The van der Waals surface area contributed by atoms with Crippen molar-refractivity contribution in [2.75, 3.05) is 19.0 Å². The second-order valence-electron chi connectivity index (χ2n) is 4.93. The number of hydrogen-bond acceptors (Lipinski definition) is 4. The summed E-state index contributed by atoms with van der Waals surface area (Å²) < 4.78 is 4.60. The fraction of sp³-hybridized carbons (Fsp3) is 0.176. The van der Waals surface area contributed by atoms with Crippen LogP contribution < -0.4 is 10.6 Å². The number of hydrogen-bond donors (Lipinski definition) is 3. The van der Waals surface area contributed by atoms with Crippen LogP contribution in [0.4, 0.5) is 10.5 Å². The summed E-state index contributed by atoms with van der Waals surface area (Å²) >= 11 is 6.00. The average molecular weight is 349 g/mol. The summed E-state index contributed by atoms with van der Waals surface area (Å²) in [7, 11) is 1.26. The Kier molecular flexibility index (Phi) is 6.17. The van der Waals surface area contributed by atoms with Crippen LogP contribution in [-0.4, -0.2) is 30.8 Å². The molecular formula is C17H17ClN2O4. The van der Waals surface area contributed by atoms with Crippen molar-refractivity contribution in [3.05, 3.63) is 64.7 Å². The predicted molar refractivity (Wildman–Crippen MR) is 91.2 cm³/mol. The first-order valence-electron chi connectivity index (χ1n) is 7.16. The largest absolute Gasteiger partial charge is 0.465 e. The van der Waals surface area contributed by atoms with Gasteiger partial charge in [-0.2, -0.15) is 0 Å². The Morgan fingerprint density at radius 2 is 1.92 bits per heavy atom. The van der Waals surface area contributed by atoms with E-state index in [2.05, 4.69) is 15.4 Å². The predicted octanol–water partition coefficient (Wildman–Crippen LogP) is 2.98. The molecular weight excluding hydrogens is 332 g/mol. The van der Waals surface area contributed by atoms with Crippen LogP contribution in [0, 0.1) is 0 Å². The van der Waals surface area contributed by atoms with Crippen LogP contribution in [0.2, 0.25) is 5.02 Å². The zero-order valence-electron chi connectivity index (χ0n) is 13.0. The second kappa shape index (κ2) is 8.33. The number of esters is 1. The Bertz CT molecular complexity index is 722. The highest BCUT2D eigenvalue weighted by atomic mass is 35.5. The second-order valence-corrected chi connectivity index (χ2v) is 5.34. The maximum Gasteiger partial charge on any atom is 0.339 e. The highest BCUT2D eigenvalue weighted by Gasteiger charge is 2.15. The molecule has 24 heavy (non-hydrogen) atoms. The van der Waals surface area contributed by atoms with Crippen LogP contribution in [0.25, 0.3) is 0 Å². The molecule has 0 radical (unpaired) electrons. The van der Waals surface area contributed by atoms with Gasteiger partial charge in [-0.3, -0.25) is 0 Å². The fourth-order valence-electron chi connectivity index (χ4n) is 2.11. The van der Waals surface area contributed by atoms with E-state index in [0.717, 1.165) is 5.56 Å². The highest BCUT2D eigenvalue weighted by Crippen LogP contribution is 2.22. The van der Waals surface area contributed by atoms with E-state index in [-0.39, 0.29) is 17.2 Å². The number of carbonyl (C=O) groups is 2. The molecule has 2 rings (SSSR count). The van der Waals surface area contributed by atoms with E-state index in [4.69, 9.17) is 11.6 Å². The SMILES string of the molecule is COC(=O)c1ccc(NC(=O)NC(CO)c2ccccc2)cc1Cl. The van der Waals surface area contributed by atoms with Crippen LogP contribution in [-0.2, 0) is 4.74 Å². The number of methoxy groups -OCH3 is 1. The first-order chi connectivity index (χ1) is 11.5. The van der Waals surface area contributed by atoms with Crippen molar-refractivity contribution in [3.8, 4) is 0 Å². The zero-order valence-corrected chi connectivity index (χ0v) is 13.7. The molecule has 0 heterocycles. The fourth-order valence-corrected chi connectivity index (χ4v) is 2.37. The molecule has 0 saturated heterocycles. The minimum atomic E-state index is -0.555. The standard InChI is InChI=1S/C17H17ClN2O4/c1-24-16(22)13-8-7-12(9-14(13)18)19-17(23)20-15(10-21)11-5-3-2-4-6-11/h2-9,15,21H,10H2,1H3,(H2,19,20,23). The van der Waals surface area contributed by atoms with E-state index in [1.807, 2.05) is 30.3 Å². The van der Waals surface area contributed by atoms with Gasteiger partial charge in [0.2, 0.25) is 0 Å². The molecule has 2 amide bonds. The number of aliphatic hydroxyl groups is 1. The number of amides is 2. The summed E-state index contributed by atoms with van der Waals surface area (Å²) in [5.74, 6) is -0.555. The molecule has 2 aromatic carbocycles. The lowest BCUT2D eigenvalue weighted by molar-refractivity contribution is 0.0601. The van der Waals surface area contributed by atoms with Gasteiger partial charge in [-0.05, 0) is 23.8 Å². The van der Waals surface area contributed by atoms with Gasteiger partial charge < -0.3 is 20.5 Å². The van der Waals surface area contributed by atoms with Crippen molar-refractivity contribution < 1.29 is 19.4 Å². The van der Waals surface area contributed by atoms with Gasteiger partial charge in [0.1, 0.15) is 0 Å². The summed E-state index contributed by atoms with van der Waals surface area (Å²) in [6.07, 6.45) is 0. The Morgan fingerprint density at radius 3 is 2.50 bits per heavy atom. The van der Waals surface area contributed by atoms with E-state index < -0.39 is 18.0 Å². The molecule has 1 atom stereocenters. The van der Waals surface area contributed by atoms with Crippen LogP contribution in [0.3, 0.4) is 0 Å². The molecule has 0 aliphatic carbocycles. The minimum absolute atomic E-state index is 0.168. The van der Waals surface area contributed by atoms with Gasteiger partial charge in [0.15, 0.2) is 0 Å². The topological polar surface area (TPSA) is 87.7 Å². The number of benzene rings is 2. The Morgan fingerprint density at radius 1 is 1.21 bits per heavy atom. The van der Waals surface area contributed by atoms with Gasteiger partial charge in [-0.25, -0.2) is 9.59 Å². The molecule has 0 aliphatic heterocycles. The molecule has 126 valence electrons. The average Bonchev–Trinajstić information content (AvgIpc) is 2.60. The van der Waals surface area contributed by atoms with Gasteiger partial charge in [-0.1, -0.05) is 41.9 Å². The van der Waals surface area contributed by atoms with Crippen molar-refractivity contribution in [3.63, 3.8) is 0 Å². The molecule has 1 unspecified atom stereocenters. The Balaban J connectivity index is 2.04.